The van der Waals surface area contributed by atoms with Crippen LogP contribution in [0.1, 0.15) is 17.5 Å². The van der Waals surface area contributed by atoms with Crippen LogP contribution in [-0.2, 0) is 11.8 Å². The summed E-state index contributed by atoms with van der Waals surface area (Å²) in [5.74, 6) is 2.09. The first-order valence-corrected chi connectivity index (χ1v) is 8.10. The topological polar surface area (TPSA) is 41.9 Å². The van der Waals surface area contributed by atoms with Crippen molar-refractivity contribution in [1.29, 1.82) is 0 Å². The highest BCUT2D eigenvalue weighted by Crippen LogP contribution is 2.62. The first kappa shape index (κ1) is 13.0. The molecule has 1 saturated heterocycles. The van der Waals surface area contributed by atoms with Crippen LogP contribution in [0.2, 0.25) is 0 Å². The van der Waals surface area contributed by atoms with E-state index in [1.165, 1.54) is 11.1 Å². The molecule has 4 heteroatoms. The maximum Gasteiger partial charge on any atom is 0.165 e. The second kappa shape index (κ2) is 4.06. The lowest BCUT2D eigenvalue weighted by Crippen LogP contribution is -2.64. The van der Waals surface area contributed by atoms with Gasteiger partial charge in [-0.2, -0.15) is 0 Å². The molecular formula is C18H21NO3. The first-order chi connectivity index (χ1) is 10.7. The van der Waals surface area contributed by atoms with Crippen LogP contribution in [0.25, 0.3) is 0 Å². The Morgan fingerprint density at radius 2 is 2.23 bits per heavy atom. The van der Waals surface area contributed by atoms with Gasteiger partial charge in [0.05, 0.1) is 7.11 Å². The zero-order valence-corrected chi connectivity index (χ0v) is 13.0. The van der Waals surface area contributed by atoms with Gasteiger partial charge in [-0.05, 0) is 38.1 Å². The monoisotopic (exact) mass is 301 g/mol. The third kappa shape index (κ3) is 1.28. The Morgan fingerprint density at radius 3 is 3.05 bits per heavy atom. The molecule has 1 spiro atoms. The van der Waals surface area contributed by atoms with Crippen molar-refractivity contribution in [3.63, 3.8) is 0 Å². The van der Waals surface area contributed by atoms with Crippen molar-refractivity contribution in [3.8, 4) is 11.5 Å². The molecular weight excluding hydrogens is 280 g/mol. The number of aliphatic hydroxyl groups is 1. The number of hydrogen-bond acceptors (Lipinski definition) is 4. The van der Waals surface area contributed by atoms with Crippen molar-refractivity contribution in [3.05, 3.63) is 35.4 Å². The maximum absolute atomic E-state index is 10.6. The summed E-state index contributed by atoms with van der Waals surface area (Å²) in [7, 11) is 3.91. The predicted octanol–water partition coefficient (Wildman–Crippen LogP) is 1.50. The minimum Gasteiger partial charge on any atom is -0.493 e. The number of likely N-dealkylation sites (N-methyl/N-ethyl adjacent to an activating group) is 1. The summed E-state index contributed by atoms with van der Waals surface area (Å²) in [6.45, 7) is 1.05. The van der Waals surface area contributed by atoms with Gasteiger partial charge in [0.25, 0.3) is 0 Å². The van der Waals surface area contributed by atoms with Crippen LogP contribution in [-0.4, -0.2) is 49.0 Å². The minimum atomic E-state index is -0.539. The molecule has 1 N–H and O–H groups in total. The zero-order chi connectivity index (χ0) is 15.1. The molecule has 2 aliphatic carbocycles. The third-order valence-corrected chi connectivity index (χ3v) is 6.35. The molecule has 4 nitrogen and oxygen atoms in total. The van der Waals surface area contributed by atoms with E-state index < -0.39 is 6.10 Å². The van der Waals surface area contributed by atoms with Crippen molar-refractivity contribution < 1.29 is 14.6 Å². The van der Waals surface area contributed by atoms with Gasteiger partial charge < -0.3 is 19.5 Å². The van der Waals surface area contributed by atoms with E-state index in [9.17, 15) is 5.11 Å². The average Bonchev–Trinajstić information content (AvgIpc) is 2.88. The van der Waals surface area contributed by atoms with Crippen molar-refractivity contribution in [2.24, 2.45) is 5.92 Å². The summed E-state index contributed by atoms with van der Waals surface area (Å²) >= 11 is 0. The van der Waals surface area contributed by atoms with E-state index in [4.69, 9.17) is 9.47 Å². The molecule has 5 rings (SSSR count). The summed E-state index contributed by atoms with van der Waals surface area (Å²) in [6.07, 6.45) is 5.54. The largest absolute Gasteiger partial charge is 0.493 e. The Balaban J connectivity index is 1.82. The van der Waals surface area contributed by atoms with Crippen molar-refractivity contribution in [2.75, 3.05) is 20.7 Å². The molecule has 2 bridgehead atoms. The molecule has 116 valence electrons. The molecule has 0 saturated carbocycles. The SMILES string of the molecule is [13CH3]Oc1ccc2c3c1OC1[C@@H](O)C=CC4[C@@H](C2)N([13CH3])CC[C@@]341. The number of nitrogens with zero attached hydrogens (tertiary/aromatic N) is 1. The summed E-state index contributed by atoms with van der Waals surface area (Å²) < 4.78 is 11.8. The Hall–Kier alpha value is -1.52. The van der Waals surface area contributed by atoms with Crippen molar-refractivity contribution in [2.45, 2.75) is 36.5 Å². The lowest BCUT2D eigenvalue weighted by molar-refractivity contribution is -0.0453. The molecule has 0 aromatic heterocycles. The normalized spacial score (nSPS) is 41.0. The fraction of sp³-hybridized carbons (Fsp3) is 0.556. The van der Waals surface area contributed by atoms with Gasteiger partial charge in [-0.3, -0.25) is 0 Å². The molecule has 5 atom stereocenters. The highest BCUT2D eigenvalue weighted by atomic mass is 16.6. The van der Waals surface area contributed by atoms with Gasteiger partial charge in [0.1, 0.15) is 12.2 Å². The van der Waals surface area contributed by atoms with Gasteiger partial charge in [0.15, 0.2) is 11.5 Å². The number of piperidine rings is 1. The molecule has 0 amide bonds. The highest BCUT2D eigenvalue weighted by Gasteiger charge is 2.64. The number of methoxy groups -OCH3 is 1. The molecule has 2 heterocycles. The number of ether oxygens (including phenoxy) is 2. The van der Waals surface area contributed by atoms with Gasteiger partial charge in [0.2, 0.25) is 0 Å². The second-order valence-electron chi connectivity index (χ2n) is 7.11. The second-order valence-corrected chi connectivity index (χ2v) is 7.11. The van der Waals surface area contributed by atoms with Gasteiger partial charge in [0, 0.05) is 22.9 Å². The lowest BCUT2D eigenvalue weighted by atomic mass is 9.53. The lowest BCUT2D eigenvalue weighted by Gasteiger charge is -2.56. The van der Waals surface area contributed by atoms with Gasteiger partial charge in [-0.1, -0.05) is 18.2 Å². The smallest absolute Gasteiger partial charge is 0.165 e. The van der Waals surface area contributed by atoms with E-state index in [-0.39, 0.29) is 11.5 Å². The van der Waals surface area contributed by atoms with Gasteiger partial charge in [-0.25, -0.2) is 0 Å². The van der Waals surface area contributed by atoms with Gasteiger partial charge in [-0.15, -0.1) is 0 Å². The first-order valence-electron chi connectivity index (χ1n) is 8.10. The summed E-state index contributed by atoms with van der Waals surface area (Å²) in [5.41, 5.74) is 2.60. The van der Waals surface area contributed by atoms with Crippen molar-refractivity contribution >= 4 is 0 Å². The number of hydrogen-bond donors (Lipinski definition) is 1. The van der Waals surface area contributed by atoms with Gasteiger partial charge >= 0.3 is 0 Å². The van der Waals surface area contributed by atoms with E-state index in [0.717, 1.165) is 30.9 Å². The fourth-order valence-corrected chi connectivity index (χ4v) is 5.39. The number of aliphatic hydroxyl groups excluding tert-OH is 1. The molecule has 22 heavy (non-hydrogen) atoms. The van der Waals surface area contributed by atoms with Crippen molar-refractivity contribution in [1.82, 2.24) is 4.90 Å². The summed E-state index contributed by atoms with van der Waals surface area (Å²) in [5, 5.41) is 10.6. The fourth-order valence-electron chi connectivity index (χ4n) is 5.39. The Labute approximate surface area is 130 Å². The molecule has 2 aliphatic heterocycles. The van der Waals surface area contributed by atoms with E-state index >= 15 is 0 Å². The van der Waals surface area contributed by atoms with Crippen LogP contribution in [0.4, 0.5) is 0 Å². The van der Waals surface area contributed by atoms with E-state index in [1.54, 1.807) is 7.11 Å². The Kier molecular flexibility index (Phi) is 2.39. The van der Waals surface area contributed by atoms with Crippen LogP contribution in [0.15, 0.2) is 24.3 Å². The van der Waals surface area contributed by atoms with Crippen LogP contribution in [0.3, 0.4) is 0 Å². The highest BCUT2D eigenvalue weighted by molar-refractivity contribution is 5.62. The predicted molar refractivity (Wildman–Crippen MR) is 82.5 cm³/mol. The molecule has 1 aromatic carbocycles. The van der Waals surface area contributed by atoms with Crippen LogP contribution < -0.4 is 9.47 Å². The molecule has 1 aromatic rings. The Bertz CT molecular complexity index is 685. The molecule has 0 radical (unpaired) electrons. The summed E-state index contributed by atoms with van der Waals surface area (Å²) in [6, 6.07) is 4.70. The van der Waals surface area contributed by atoms with Crippen LogP contribution >= 0.6 is 0 Å². The molecule has 1 fully saturated rings. The summed E-state index contributed by atoms with van der Waals surface area (Å²) in [4.78, 5) is 2.47. The average molecular weight is 301 g/mol. The third-order valence-electron chi connectivity index (χ3n) is 6.35. The number of likely N-dealkylation sites (tertiary alicyclic amines) is 1. The quantitative estimate of drug-likeness (QED) is 0.630. The molecule has 2 unspecified atom stereocenters. The van der Waals surface area contributed by atoms with E-state index in [1.807, 2.05) is 12.1 Å². The number of rotatable bonds is 1. The van der Waals surface area contributed by atoms with E-state index in [0.29, 0.717) is 12.0 Å². The standard InChI is InChI=1S/C18H21NO3/c1-19-8-7-18-11-4-5-13(20)17(18)22-16-14(21-2)6-3-10(15(16)18)9-12(11)19/h3-6,11-13,17,20H,7-9H2,1-2H3/t11?,12-,13+,17?,18+/m1/s1/i1+1,2+1. The number of benzene rings is 1. The van der Waals surface area contributed by atoms with Crippen LogP contribution in [0, 0.1) is 5.92 Å². The maximum atomic E-state index is 10.6. The van der Waals surface area contributed by atoms with E-state index in [2.05, 4.69) is 24.1 Å². The minimum absolute atomic E-state index is 0.0806. The molecule has 4 aliphatic rings. The Morgan fingerprint density at radius 1 is 1.36 bits per heavy atom. The van der Waals surface area contributed by atoms with Crippen LogP contribution in [0.5, 0.6) is 11.5 Å². The zero-order valence-electron chi connectivity index (χ0n) is 13.0.